The van der Waals surface area contributed by atoms with Gasteiger partial charge >= 0.3 is 0 Å². The van der Waals surface area contributed by atoms with Crippen molar-refractivity contribution in [2.45, 2.75) is 40.2 Å². The number of aryl methyl sites for hydroxylation is 2. The number of hydrogen-bond acceptors (Lipinski definition) is 4. The van der Waals surface area contributed by atoms with Gasteiger partial charge in [-0.15, -0.1) is 0 Å². The fourth-order valence-corrected chi connectivity index (χ4v) is 3.10. The normalized spacial score (nSPS) is 11.7. The third kappa shape index (κ3) is 5.73. The second kappa shape index (κ2) is 9.96. The summed E-state index contributed by atoms with van der Waals surface area (Å²) in [6.45, 7) is 7.78. The molecule has 2 aromatic rings. The van der Waals surface area contributed by atoms with Gasteiger partial charge in [-0.25, -0.2) is 0 Å². The zero-order chi connectivity index (χ0) is 21.6. The Morgan fingerprint density at radius 2 is 1.59 bits per heavy atom. The first-order valence-electron chi connectivity index (χ1n) is 9.66. The molecule has 2 rings (SSSR count). The minimum Gasteiger partial charge on any atom is -0.493 e. The zero-order valence-corrected chi connectivity index (χ0v) is 18.0. The number of carbonyl (C=O) groups excluding carboxylic acids is 2. The highest BCUT2D eigenvalue weighted by molar-refractivity contribution is 6.02. The molecular weight excluding hydrogens is 368 g/mol. The zero-order valence-electron chi connectivity index (χ0n) is 18.0. The largest absolute Gasteiger partial charge is 0.493 e. The van der Waals surface area contributed by atoms with Gasteiger partial charge in [-0.1, -0.05) is 32.0 Å². The summed E-state index contributed by atoms with van der Waals surface area (Å²) in [5.41, 5.74) is 2.89. The maximum absolute atomic E-state index is 13.0. The maximum Gasteiger partial charge on any atom is 0.252 e. The summed E-state index contributed by atoms with van der Waals surface area (Å²) in [5, 5.41) is 5.81. The topological polar surface area (TPSA) is 76.7 Å². The van der Waals surface area contributed by atoms with Crippen molar-refractivity contribution >= 4 is 17.5 Å². The Labute approximate surface area is 172 Å². The Balaban J connectivity index is 2.23. The van der Waals surface area contributed by atoms with Crippen LogP contribution in [0.4, 0.5) is 5.69 Å². The van der Waals surface area contributed by atoms with Crippen LogP contribution in [-0.2, 0) is 4.79 Å². The van der Waals surface area contributed by atoms with E-state index >= 15 is 0 Å². The third-order valence-electron chi connectivity index (χ3n) is 4.71. The van der Waals surface area contributed by atoms with Gasteiger partial charge in [0.25, 0.3) is 5.91 Å². The predicted octanol–water partition coefficient (Wildman–Crippen LogP) is 4.10. The summed E-state index contributed by atoms with van der Waals surface area (Å²) in [7, 11) is 3.11. The first-order valence-corrected chi connectivity index (χ1v) is 9.66. The van der Waals surface area contributed by atoms with Gasteiger partial charge in [0.2, 0.25) is 5.91 Å². The monoisotopic (exact) mass is 398 g/mol. The van der Waals surface area contributed by atoms with Crippen molar-refractivity contribution in [1.29, 1.82) is 0 Å². The molecular formula is C23H30N2O4. The van der Waals surface area contributed by atoms with Gasteiger partial charge in [0, 0.05) is 17.3 Å². The number of benzene rings is 2. The lowest BCUT2D eigenvalue weighted by atomic mass is 10.0. The second-order valence-electron chi connectivity index (χ2n) is 7.48. The molecule has 6 heteroatoms. The second-order valence-corrected chi connectivity index (χ2v) is 7.48. The van der Waals surface area contributed by atoms with Crippen molar-refractivity contribution in [3.05, 3.63) is 53.1 Å². The Morgan fingerprint density at radius 1 is 0.966 bits per heavy atom. The molecule has 1 atom stereocenters. The molecule has 6 nitrogen and oxygen atoms in total. The Kier molecular flexibility index (Phi) is 7.65. The van der Waals surface area contributed by atoms with Gasteiger partial charge < -0.3 is 20.1 Å². The predicted molar refractivity (Wildman–Crippen MR) is 115 cm³/mol. The van der Waals surface area contributed by atoms with Gasteiger partial charge in [0.1, 0.15) is 6.04 Å². The van der Waals surface area contributed by atoms with Crippen LogP contribution in [0.1, 0.15) is 41.8 Å². The molecule has 0 radical (unpaired) electrons. The minimum absolute atomic E-state index is 0.231. The molecule has 2 amide bonds. The van der Waals surface area contributed by atoms with Gasteiger partial charge in [0.15, 0.2) is 11.5 Å². The van der Waals surface area contributed by atoms with Crippen molar-refractivity contribution < 1.29 is 19.1 Å². The average molecular weight is 399 g/mol. The van der Waals surface area contributed by atoms with Crippen molar-refractivity contribution in [2.24, 2.45) is 5.92 Å². The van der Waals surface area contributed by atoms with Crippen molar-refractivity contribution in [2.75, 3.05) is 19.5 Å². The molecule has 156 valence electrons. The van der Waals surface area contributed by atoms with Crippen molar-refractivity contribution in [3.63, 3.8) is 0 Å². The number of ether oxygens (including phenoxy) is 2. The molecule has 0 aliphatic rings. The van der Waals surface area contributed by atoms with E-state index in [0.29, 0.717) is 29.2 Å². The number of nitrogens with one attached hydrogen (secondary N) is 2. The van der Waals surface area contributed by atoms with Crippen molar-refractivity contribution in [1.82, 2.24) is 5.32 Å². The van der Waals surface area contributed by atoms with E-state index in [1.807, 2.05) is 45.9 Å². The van der Waals surface area contributed by atoms with Crippen LogP contribution in [0.3, 0.4) is 0 Å². The number of amides is 2. The van der Waals surface area contributed by atoms with E-state index in [-0.39, 0.29) is 17.7 Å². The summed E-state index contributed by atoms with van der Waals surface area (Å²) < 4.78 is 10.6. The van der Waals surface area contributed by atoms with Gasteiger partial charge in [-0.3, -0.25) is 9.59 Å². The number of carbonyl (C=O) groups is 2. The highest BCUT2D eigenvalue weighted by atomic mass is 16.5. The molecule has 0 saturated carbocycles. The van der Waals surface area contributed by atoms with Crippen LogP contribution in [0.25, 0.3) is 0 Å². The van der Waals surface area contributed by atoms with Crippen LogP contribution >= 0.6 is 0 Å². The third-order valence-corrected chi connectivity index (χ3v) is 4.71. The maximum atomic E-state index is 13.0. The first kappa shape index (κ1) is 22.3. The van der Waals surface area contributed by atoms with Gasteiger partial charge in [0.05, 0.1) is 14.2 Å². The Hall–Kier alpha value is -3.02. The lowest BCUT2D eigenvalue weighted by Gasteiger charge is -2.22. The molecule has 0 aromatic heterocycles. The van der Waals surface area contributed by atoms with Gasteiger partial charge in [-0.05, 0) is 49.4 Å². The van der Waals surface area contributed by atoms with E-state index in [9.17, 15) is 9.59 Å². The Bertz CT molecular complexity index is 877. The number of anilines is 1. The number of hydrogen-bond donors (Lipinski definition) is 2. The van der Waals surface area contributed by atoms with E-state index in [2.05, 4.69) is 10.6 Å². The van der Waals surface area contributed by atoms with Crippen LogP contribution in [0.2, 0.25) is 0 Å². The number of rotatable bonds is 8. The lowest BCUT2D eigenvalue weighted by molar-refractivity contribution is -0.118. The van der Waals surface area contributed by atoms with Crippen LogP contribution < -0.4 is 20.1 Å². The summed E-state index contributed by atoms with van der Waals surface area (Å²) in [6.07, 6.45) is 0.524. The van der Waals surface area contributed by atoms with Crippen molar-refractivity contribution in [3.8, 4) is 11.5 Å². The summed E-state index contributed by atoms with van der Waals surface area (Å²) in [4.78, 5) is 25.7. The molecule has 0 heterocycles. The highest BCUT2D eigenvalue weighted by Gasteiger charge is 2.24. The minimum atomic E-state index is -0.658. The fraction of sp³-hybridized carbons (Fsp3) is 0.391. The smallest absolute Gasteiger partial charge is 0.252 e. The van der Waals surface area contributed by atoms with E-state index in [1.165, 1.54) is 0 Å². The lowest BCUT2D eigenvalue weighted by Crippen LogP contribution is -2.44. The fourth-order valence-electron chi connectivity index (χ4n) is 3.10. The Morgan fingerprint density at radius 3 is 2.17 bits per heavy atom. The molecule has 0 aliphatic carbocycles. The van der Waals surface area contributed by atoms with Crippen LogP contribution in [0.15, 0.2) is 36.4 Å². The molecule has 1 unspecified atom stereocenters. The van der Waals surface area contributed by atoms with Crippen LogP contribution in [0.5, 0.6) is 11.5 Å². The molecule has 0 aliphatic heterocycles. The first-order chi connectivity index (χ1) is 13.8. The van der Waals surface area contributed by atoms with E-state index in [4.69, 9.17) is 9.47 Å². The summed E-state index contributed by atoms with van der Waals surface area (Å²) in [5.74, 6) is 0.825. The molecule has 29 heavy (non-hydrogen) atoms. The van der Waals surface area contributed by atoms with Crippen LogP contribution in [0, 0.1) is 19.8 Å². The molecule has 0 spiro atoms. The molecule has 0 bridgehead atoms. The van der Waals surface area contributed by atoms with E-state index in [1.54, 1.807) is 32.4 Å². The molecule has 2 aromatic carbocycles. The average Bonchev–Trinajstić information content (AvgIpc) is 2.68. The van der Waals surface area contributed by atoms with Gasteiger partial charge in [-0.2, -0.15) is 0 Å². The van der Waals surface area contributed by atoms with E-state index < -0.39 is 6.04 Å². The van der Waals surface area contributed by atoms with E-state index in [0.717, 1.165) is 11.1 Å². The molecule has 2 N–H and O–H groups in total. The molecule has 0 fully saturated rings. The standard InChI is InChI=1S/C23H30N2O4/c1-14(2)11-19(25-22(26)17-10-8-7-9-15(17)3)23(27)24-18-13-21(29-6)20(28-5)12-16(18)4/h7-10,12-14,19H,11H2,1-6H3,(H,24,27)(H,25,26). The SMILES string of the molecule is COc1cc(C)c(NC(=O)C(CC(C)C)NC(=O)c2ccccc2C)cc1OC. The summed E-state index contributed by atoms with van der Waals surface area (Å²) in [6, 6.07) is 10.2. The quantitative estimate of drug-likeness (QED) is 0.702. The number of methoxy groups -OCH3 is 2. The summed E-state index contributed by atoms with van der Waals surface area (Å²) >= 11 is 0. The van der Waals surface area contributed by atoms with Crippen LogP contribution in [-0.4, -0.2) is 32.1 Å². The molecule has 0 saturated heterocycles. The highest BCUT2D eigenvalue weighted by Crippen LogP contribution is 2.33.